The second kappa shape index (κ2) is 36.8. The van der Waals surface area contributed by atoms with Crippen LogP contribution in [0.4, 0.5) is 0 Å². The third kappa shape index (κ3) is 26.8. The quantitative estimate of drug-likeness (QED) is 0.0195. The highest BCUT2D eigenvalue weighted by atomic mass is 31.0. The number of nitrogens with two attached hydrogens (primary N) is 1. The number of aryl methyl sites for hydroxylation is 1. The average molecular weight is 973 g/mol. The molecule has 4 unspecified atom stereocenters. The van der Waals surface area contributed by atoms with Crippen molar-refractivity contribution in [2.75, 3.05) is 59.3 Å². The zero-order valence-electron chi connectivity index (χ0n) is 43.5. The number of benzene rings is 3. The first-order chi connectivity index (χ1) is 33.8. The highest BCUT2D eigenvalue weighted by Crippen LogP contribution is 2.22. The lowest BCUT2D eigenvalue weighted by Crippen LogP contribution is -2.48. The Bertz CT molecular complexity index is 2060. The normalized spacial score (nSPS) is 14.7. The van der Waals surface area contributed by atoms with Crippen molar-refractivity contribution in [3.05, 3.63) is 169 Å². The molecule has 10 nitrogen and oxygen atoms in total. The Kier molecular flexibility index (Phi) is 32.1. The van der Waals surface area contributed by atoms with Gasteiger partial charge in [-0.05, 0) is 100 Å². The molecule has 0 aromatic heterocycles. The molecule has 1 heterocycles. The first-order valence-corrected chi connectivity index (χ1v) is 25.8. The summed E-state index contributed by atoms with van der Waals surface area (Å²) < 4.78 is 0. The van der Waals surface area contributed by atoms with Gasteiger partial charge in [-0.1, -0.05) is 142 Å². The number of aldehydes is 1. The molecular weight excluding hydrogens is 884 g/mol. The Labute approximate surface area is 427 Å². The van der Waals surface area contributed by atoms with Crippen LogP contribution in [0.15, 0.2) is 141 Å². The summed E-state index contributed by atoms with van der Waals surface area (Å²) in [6, 6.07) is 27.9. The molecule has 382 valence electrons. The summed E-state index contributed by atoms with van der Waals surface area (Å²) >= 11 is 0. The smallest absolute Gasteiger partial charge is 0.220 e. The second-order valence-electron chi connectivity index (χ2n) is 18.5. The van der Waals surface area contributed by atoms with E-state index in [1.807, 2.05) is 19.9 Å². The molecule has 1 aliphatic heterocycles. The molecular formula is C59H89N8O2P. The monoisotopic (exact) mass is 973 g/mol. The average Bonchev–Trinajstić information content (AvgIpc) is 3.41. The van der Waals surface area contributed by atoms with Crippen molar-refractivity contribution in [3.63, 3.8) is 0 Å². The van der Waals surface area contributed by atoms with E-state index in [0.29, 0.717) is 32.1 Å². The van der Waals surface area contributed by atoms with Crippen molar-refractivity contribution in [3.8, 4) is 11.8 Å². The van der Waals surface area contributed by atoms with Gasteiger partial charge in [0.2, 0.25) is 5.91 Å². The van der Waals surface area contributed by atoms with Crippen LogP contribution in [0.5, 0.6) is 0 Å². The van der Waals surface area contributed by atoms with Gasteiger partial charge in [-0.3, -0.25) is 24.4 Å². The Morgan fingerprint density at radius 1 is 0.814 bits per heavy atom. The summed E-state index contributed by atoms with van der Waals surface area (Å²) in [5.41, 5.74) is 14.0. The van der Waals surface area contributed by atoms with Gasteiger partial charge in [0.25, 0.3) is 0 Å². The predicted molar refractivity (Wildman–Crippen MR) is 302 cm³/mol. The Morgan fingerprint density at radius 2 is 1.46 bits per heavy atom. The number of nitrogens with one attached hydrogen (secondary N) is 3. The lowest BCUT2D eigenvalue weighted by Gasteiger charge is -2.35. The van der Waals surface area contributed by atoms with E-state index in [1.165, 1.54) is 28.5 Å². The van der Waals surface area contributed by atoms with Gasteiger partial charge in [-0.2, -0.15) is 0 Å². The minimum Gasteiger partial charge on any atom is -0.405 e. The zero-order chi connectivity index (χ0) is 51.5. The van der Waals surface area contributed by atoms with Gasteiger partial charge in [-0.15, -0.1) is 22.4 Å². The molecule has 3 aromatic carbocycles. The van der Waals surface area contributed by atoms with Crippen LogP contribution in [-0.4, -0.2) is 103 Å². The molecule has 0 spiro atoms. The molecule has 4 rings (SSSR count). The molecule has 0 aliphatic carbocycles. The maximum Gasteiger partial charge on any atom is 0.220 e. The number of carbonyl (C=O) groups is 2. The Balaban J connectivity index is 0.00000323. The van der Waals surface area contributed by atoms with Crippen LogP contribution < -0.4 is 21.7 Å². The molecule has 1 amide bonds. The number of hydrogen-bond acceptors (Lipinski definition) is 9. The minimum atomic E-state index is -0.322. The number of nitrogens with zero attached hydrogens (tertiary/aromatic N) is 4. The molecule has 1 aliphatic rings. The number of likely N-dealkylation sites (N-methyl/N-ethyl adjacent to an activating group) is 1. The van der Waals surface area contributed by atoms with Crippen LogP contribution >= 0.6 is 9.24 Å². The van der Waals surface area contributed by atoms with Gasteiger partial charge in [0, 0.05) is 75.2 Å². The van der Waals surface area contributed by atoms with E-state index < -0.39 is 0 Å². The lowest BCUT2D eigenvalue weighted by atomic mass is 9.98. The number of hydrogen-bond donors (Lipinski definition) is 4. The van der Waals surface area contributed by atoms with Crippen LogP contribution in [0.1, 0.15) is 113 Å². The van der Waals surface area contributed by atoms with Crippen LogP contribution in [0, 0.1) is 11.8 Å². The van der Waals surface area contributed by atoms with E-state index in [0.717, 1.165) is 133 Å². The highest BCUT2D eigenvalue weighted by Gasteiger charge is 2.26. The van der Waals surface area contributed by atoms with E-state index in [2.05, 4.69) is 188 Å². The van der Waals surface area contributed by atoms with E-state index >= 15 is 0 Å². The Hall–Kier alpha value is -5.11. The maximum absolute atomic E-state index is 13.0. The number of unbranched alkanes of at least 4 members (excludes halogenated alkanes) is 3. The van der Waals surface area contributed by atoms with E-state index in [4.69, 9.17) is 0 Å². The van der Waals surface area contributed by atoms with Crippen LogP contribution in [0.2, 0.25) is 0 Å². The molecule has 4 atom stereocenters. The maximum atomic E-state index is 13.0. The predicted octanol–water partition coefficient (Wildman–Crippen LogP) is 9.94. The number of rotatable bonds is 27. The fraction of sp³-hybridized carbons (Fsp3) is 0.458. The number of allylic oxidation sites excluding steroid dienone is 1. The van der Waals surface area contributed by atoms with Crippen molar-refractivity contribution >= 4 is 21.4 Å². The van der Waals surface area contributed by atoms with Gasteiger partial charge in [0.05, 0.1) is 26.0 Å². The molecule has 5 N–H and O–H groups in total. The van der Waals surface area contributed by atoms with Gasteiger partial charge in [0.15, 0.2) is 0 Å². The summed E-state index contributed by atoms with van der Waals surface area (Å²) in [6.07, 6.45) is 11.0. The first kappa shape index (κ1) is 61.0. The summed E-state index contributed by atoms with van der Waals surface area (Å²) in [6.45, 7) is 37.8. The minimum absolute atomic E-state index is 0.0163. The molecule has 3 aromatic rings. The van der Waals surface area contributed by atoms with E-state index in [-0.39, 0.29) is 17.7 Å². The molecule has 0 saturated carbocycles. The summed E-state index contributed by atoms with van der Waals surface area (Å²) in [7, 11) is 2.93. The van der Waals surface area contributed by atoms with Gasteiger partial charge >= 0.3 is 0 Å². The fourth-order valence-corrected chi connectivity index (χ4v) is 8.83. The third-order valence-electron chi connectivity index (χ3n) is 11.7. The molecule has 1 fully saturated rings. The largest absolute Gasteiger partial charge is 0.405 e. The number of carbonyl (C=O) groups excluding carboxylic acids is 2. The molecule has 1 saturated heterocycles. The fourth-order valence-electron chi connectivity index (χ4n) is 8.51. The van der Waals surface area contributed by atoms with Crippen molar-refractivity contribution in [1.82, 2.24) is 35.6 Å². The van der Waals surface area contributed by atoms with E-state index in [1.54, 1.807) is 0 Å². The Morgan fingerprint density at radius 3 is 2.13 bits per heavy atom. The SMILES string of the molecule is C=C.C=C(C)CN1CN(CC)CCN(C(C=O)CCC(=O)NCCCCCCC(Cc2cccc(C#CCCc3cccc(C(P)NCc4ccccc4)c3)c2)NC(=C)C)CN(CC(=C)C)C1.C=CN. The van der Waals surface area contributed by atoms with Crippen LogP contribution in [0.25, 0.3) is 0 Å². The van der Waals surface area contributed by atoms with Gasteiger partial charge in [-0.25, -0.2) is 0 Å². The summed E-state index contributed by atoms with van der Waals surface area (Å²) in [5.74, 6) is 7.04. The standard InChI is InChI=1S/C55H80N7O2P.C2H5N.C2H4/c1-8-59-32-33-62(43-61(39-45(4)5)42-60(41-59)38-44(2)3)53(40-63)29-30-54(64)56-31-17-10-9-14-28-52(58-46(6)7)36-50-26-18-24-47(34-50)20-15-16-21-48-25-19-27-51(35-48)55(65)57-37-49-22-12-11-13-23-49;1-2-3;1-2/h11-13,18-19,22-27,34-35,40,52-53,55,57-58H,2,4,6,8-10,14,16-17,21,28-33,36-39,41-43,65H2,1,3,5,7H3,(H,56,64);2H,1,3H2;1-2H2. The molecule has 0 bridgehead atoms. The number of amides is 1. The molecule has 11 heteroatoms. The molecule has 70 heavy (non-hydrogen) atoms. The zero-order valence-corrected chi connectivity index (χ0v) is 44.7. The van der Waals surface area contributed by atoms with Crippen molar-refractivity contribution in [1.29, 1.82) is 0 Å². The summed E-state index contributed by atoms with van der Waals surface area (Å²) in [4.78, 5) is 34.8. The van der Waals surface area contributed by atoms with E-state index in [9.17, 15) is 9.59 Å². The van der Waals surface area contributed by atoms with Gasteiger partial charge < -0.3 is 26.5 Å². The van der Waals surface area contributed by atoms with Crippen molar-refractivity contribution < 1.29 is 9.59 Å². The second-order valence-corrected chi connectivity index (χ2v) is 19.1. The van der Waals surface area contributed by atoms with Crippen molar-refractivity contribution in [2.24, 2.45) is 5.73 Å². The summed E-state index contributed by atoms with van der Waals surface area (Å²) in [5, 5.41) is 10.3. The lowest BCUT2D eigenvalue weighted by molar-refractivity contribution is -0.121. The van der Waals surface area contributed by atoms with Crippen LogP contribution in [-0.2, 0) is 29.0 Å². The van der Waals surface area contributed by atoms with Crippen molar-refractivity contribution in [2.45, 2.75) is 116 Å². The first-order valence-electron chi connectivity index (χ1n) is 25.2. The van der Waals surface area contributed by atoms with Crippen LogP contribution in [0.3, 0.4) is 0 Å². The highest BCUT2D eigenvalue weighted by molar-refractivity contribution is 7.17. The molecule has 0 radical (unpaired) electrons. The van der Waals surface area contributed by atoms with Gasteiger partial charge in [0.1, 0.15) is 6.29 Å². The topological polar surface area (TPSA) is 109 Å². The third-order valence-corrected chi connectivity index (χ3v) is 12.3.